The van der Waals surface area contributed by atoms with Crippen LogP contribution in [0.3, 0.4) is 0 Å². The van der Waals surface area contributed by atoms with Gasteiger partial charge in [0.15, 0.2) is 0 Å². The molecule has 0 radical (unpaired) electrons. The number of nitrogens with zero attached hydrogens (tertiary/aromatic N) is 3. The molecule has 1 aliphatic heterocycles. The smallest absolute Gasteiger partial charge is 0.0802 e. The van der Waals surface area contributed by atoms with Crippen molar-refractivity contribution >= 4 is 0 Å². The Labute approximate surface area is 135 Å². The highest BCUT2D eigenvalue weighted by Gasteiger charge is 2.27. The number of rotatable bonds is 6. The molecule has 1 aromatic heterocycles. The summed E-state index contributed by atoms with van der Waals surface area (Å²) in [6, 6.07) is 0. The highest BCUT2D eigenvalue weighted by molar-refractivity contribution is 5.32. The van der Waals surface area contributed by atoms with Crippen LogP contribution in [0.2, 0.25) is 0 Å². The van der Waals surface area contributed by atoms with Crippen LogP contribution in [-0.4, -0.2) is 41.9 Å². The van der Waals surface area contributed by atoms with Gasteiger partial charge in [-0.05, 0) is 52.1 Å². The lowest BCUT2D eigenvalue weighted by Crippen LogP contribution is -2.27. The van der Waals surface area contributed by atoms with Crippen LogP contribution in [0.5, 0.6) is 0 Å². The Hall–Kier alpha value is -0.870. The molecule has 0 saturated heterocycles. The number of hydrogen-bond donors (Lipinski definition) is 1. The molecule has 0 aromatic carbocycles. The molecule has 4 nitrogen and oxygen atoms in total. The fourth-order valence-electron chi connectivity index (χ4n) is 4.18. The highest BCUT2D eigenvalue weighted by Crippen LogP contribution is 2.38. The maximum Gasteiger partial charge on any atom is 0.0802 e. The van der Waals surface area contributed by atoms with Crippen molar-refractivity contribution in [2.24, 2.45) is 0 Å². The predicted octanol–water partition coefficient (Wildman–Crippen LogP) is 2.92. The van der Waals surface area contributed by atoms with Gasteiger partial charge in [0.2, 0.25) is 0 Å². The van der Waals surface area contributed by atoms with Crippen molar-refractivity contribution in [3.8, 4) is 0 Å². The van der Waals surface area contributed by atoms with Gasteiger partial charge in [-0.2, -0.15) is 5.10 Å². The molecular formula is C18H32N4. The molecule has 1 N–H and O–H groups in total. The molecule has 1 aliphatic carbocycles. The van der Waals surface area contributed by atoms with E-state index in [4.69, 9.17) is 5.10 Å². The van der Waals surface area contributed by atoms with E-state index in [0.717, 1.165) is 32.1 Å². The third-order valence-corrected chi connectivity index (χ3v) is 5.38. The van der Waals surface area contributed by atoms with Crippen LogP contribution in [0, 0.1) is 0 Å². The van der Waals surface area contributed by atoms with Crippen LogP contribution in [-0.2, 0) is 19.5 Å². The molecule has 22 heavy (non-hydrogen) atoms. The van der Waals surface area contributed by atoms with E-state index in [2.05, 4.69) is 21.9 Å². The molecule has 1 fully saturated rings. The molecule has 0 bridgehead atoms. The van der Waals surface area contributed by atoms with Crippen LogP contribution >= 0.6 is 0 Å². The van der Waals surface area contributed by atoms with Gasteiger partial charge in [-0.25, -0.2) is 0 Å². The monoisotopic (exact) mass is 304 g/mol. The third-order valence-electron chi connectivity index (χ3n) is 5.38. The topological polar surface area (TPSA) is 33.1 Å². The van der Waals surface area contributed by atoms with Gasteiger partial charge in [0.1, 0.15) is 0 Å². The Kier molecular flexibility index (Phi) is 5.53. The van der Waals surface area contributed by atoms with E-state index in [1.807, 2.05) is 7.05 Å². The molecule has 0 unspecified atom stereocenters. The van der Waals surface area contributed by atoms with Crippen LogP contribution in [0.4, 0.5) is 0 Å². The van der Waals surface area contributed by atoms with Crippen LogP contribution < -0.4 is 5.32 Å². The number of nitrogens with one attached hydrogen (secondary N) is 1. The summed E-state index contributed by atoms with van der Waals surface area (Å²) in [6.07, 6.45) is 10.9. The molecule has 4 heteroatoms. The van der Waals surface area contributed by atoms with Crippen molar-refractivity contribution in [2.45, 2.75) is 70.4 Å². The van der Waals surface area contributed by atoms with Crippen molar-refractivity contribution in [1.29, 1.82) is 0 Å². The van der Waals surface area contributed by atoms with E-state index in [0.29, 0.717) is 0 Å². The second-order valence-electron chi connectivity index (χ2n) is 7.16. The lowest BCUT2D eigenvalue weighted by Gasteiger charge is -2.25. The summed E-state index contributed by atoms with van der Waals surface area (Å²) in [6.45, 7) is 4.27. The van der Waals surface area contributed by atoms with Gasteiger partial charge < -0.3 is 5.32 Å². The van der Waals surface area contributed by atoms with Crippen LogP contribution in [0.15, 0.2) is 0 Å². The lowest BCUT2D eigenvalue weighted by atomic mass is 9.82. The van der Waals surface area contributed by atoms with Gasteiger partial charge in [0.25, 0.3) is 0 Å². The van der Waals surface area contributed by atoms with E-state index < -0.39 is 0 Å². The largest absolute Gasteiger partial charge is 0.318 e. The van der Waals surface area contributed by atoms with Gasteiger partial charge in [-0.1, -0.05) is 19.3 Å². The Morgan fingerprint density at radius 1 is 1.18 bits per heavy atom. The minimum Gasteiger partial charge on any atom is -0.318 e. The Balaban J connectivity index is 1.82. The zero-order valence-electron chi connectivity index (χ0n) is 14.4. The van der Waals surface area contributed by atoms with Crippen molar-refractivity contribution in [3.63, 3.8) is 0 Å². The first kappa shape index (κ1) is 16.0. The van der Waals surface area contributed by atoms with Crippen LogP contribution in [0.1, 0.15) is 67.8 Å². The SMILES string of the molecule is CNCCN(C)Cc1nn2c(c1C1CCCCC1)CCCC2. The summed E-state index contributed by atoms with van der Waals surface area (Å²) in [7, 11) is 4.25. The number of hydrogen-bond acceptors (Lipinski definition) is 3. The summed E-state index contributed by atoms with van der Waals surface area (Å²) in [5.41, 5.74) is 4.60. The minimum atomic E-state index is 0.781. The first-order chi connectivity index (χ1) is 10.8. The molecule has 0 amide bonds. The fourth-order valence-corrected chi connectivity index (χ4v) is 4.18. The van der Waals surface area contributed by atoms with Crippen molar-refractivity contribution in [2.75, 3.05) is 27.2 Å². The third kappa shape index (κ3) is 3.54. The van der Waals surface area contributed by atoms with E-state index in [1.54, 1.807) is 11.3 Å². The summed E-state index contributed by atoms with van der Waals surface area (Å²) >= 11 is 0. The molecule has 0 atom stereocenters. The Morgan fingerprint density at radius 3 is 2.77 bits per heavy atom. The highest BCUT2D eigenvalue weighted by atomic mass is 15.3. The molecule has 2 aliphatic rings. The first-order valence-corrected chi connectivity index (χ1v) is 9.21. The second-order valence-corrected chi connectivity index (χ2v) is 7.16. The number of aryl methyl sites for hydroxylation is 1. The molecule has 1 saturated carbocycles. The fraction of sp³-hybridized carbons (Fsp3) is 0.833. The predicted molar refractivity (Wildman–Crippen MR) is 91.3 cm³/mol. The van der Waals surface area contributed by atoms with Gasteiger partial charge in [0, 0.05) is 37.4 Å². The molecule has 2 heterocycles. The van der Waals surface area contributed by atoms with Crippen molar-refractivity contribution in [3.05, 3.63) is 17.0 Å². The number of likely N-dealkylation sites (N-methyl/N-ethyl adjacent to an activating group) is 2. The Bertz CT molecular complexity index is 474. The van der Waals surface area contributed by atoms with Gasteiger partial charge in [0.05, 0.1) is 5.69 Å². The maximum absolute atomic E-state index is 5.03. The summed E-state index contributed by atoms with van der Waals surface area (Å²) in [4.78, 5) is 2.41. The zero-order chi connectivity index (χ0) is 15.4. The molecule has 0 spiro atoms. The summed E-state index contributed by atoms with van der Waals surface area (Å²) in [5.74, 6) is 0.781. The van der Waals surface area contributed by atoms with Crippen molar-refractivity contribution in [1.82, 2.24) is 20.0 Å². The standard InChI is InChI=1S/C18H32N4/c1-19-11-13-21(2)14-16-18(15-8-4-3-5-9-15)17-10-6-7-12-22(17)20-16/h15,19H,3-14H2,1-2H3. The normalized spacial score (nSPS) is 19.6. The molecule has 3 rings (SSSR count). The van der Waals surface area contributed by atoms with E-state index >= 15 is 0 Å². The van der Waals surface area contributed by atoms with E-state index in [1.165, 1.54) is 57.1 Å². The van der Waals surface area contributed by atoms with E-state index in [9.17, 15) is 0 Å². The number of fused-ring (bicyclic) bond motifs is 1. The quantitative estimate of drug-likeness (QED) is 0.877. The van der Waals surface area contributed by atoms with Crippen molar-refractivity contribution < 1.29 is 0 Å². The zero-order valence-corrected chi connectivity index (χ0v) is 14.4. The lowest BCUT2D eigenvalue weighted by molar-refractivity contribution is 0.319. The van der Waals surface area contributed by atoms with Gasteiger partial charge in [-0.15, -0.1) is 0 Å². The molecule has 1 aromatic rings. The average molecular weight is 304 g/mol. The average Bonchev–Trinajstić information content (AvgIpc) is 2.91. The number of aromatic nitrogens is 2. The minimum absolute atomic E-state index is 0.781. The molecule has 124 valence electrons. The van der Waals surface area contributed by atoms with Gasteiger partial charge >= 0.3 is 0 Å². The second kappa shape index (κ2) is 7.60. The molecular weight excluding hydrogens is 272 g/mol. The maximum atomic E-state index is 5.03. The van der Waals surface area contributed by atoms with E-state index in [-0.39, 0.29) is 0 Å². The van der Waals surface area contributed by atoms with Gasteiger partial charge in [-0.3, -0.25) is 9.58 Å². The first-order valence-electron chi connectivity index (χ1n) is 9.21. The van der Waals surface area contributed by atoms with Crippen LogP contribution in [0.25, 0.3) is 0 Å². The summed E-state index contributed by atoms with van der Waals surface area (Å²) < 4.78 is 2.34. The summed E-state index contributed by atoms with van der Waals surface area (Å²) in [5, 5.41) is 8.27. The Morgan fingerprint density at radius 2 is 2.00 bits per heavy atom.